The van der Waals surface area contributed by atoms with Crippen molar-refractivity contribution in [3.63, 3.8) is 0 Å². The topological polar surface area (TPSA) is 71.1 Å². The highest BCUT2D eigenvalue weighted by Crippen LogP contribution is 2.15. The lowest BCUT2D eigenvalue weighted by molar-refractivity contribution is -0.163. The number of carbonyl (C=O) groups excluding carboxylic acids is 2. The largest absolute Gasteiger partial charge is 0.497 e. The summed E-state index contributed by atoms with van der Waals surface area (Å²) in [5.41, 5.74) is 0.990. The van der Waals surface area contributed by atoms with Crippen LogP contribution in [0.5, 0.6) is 5.75 Å². The van der Waals surface area contributed by atoms with Crippen LogP contribution < -0.4 is 4.74 Å². The fourth-order valence-corrected chi connectivity index (χ4v) is 4.46. The van der Waals surface area contributed by atoms with Crippen molar-refractivity contribution in [3.05, 3.63) is 29.8 Å². The molecule has 0 N–H and O–H groups in total. The van der Waals surface area contributed by atoms with Gasteiger partial charge in [0.25, 0.3) is 0 Å². The molecule has 0 aliphatic rings. The van der Waals surface area contributed by atoms with Crippen molar-refractivity contribution in [2.75, 3.05) is 20.3 Å². The van der Waals surface area contributed by atoms with Gasteiger partial charge >= 0.3 is 11.9 Å². The van der Waals surface area contributed by atoms with Gasteiger partial charge in [0.2, 0.25) is 0 Å². The molecule has 1 rings (SSSR count). The minimum Gasteiger partial charge on any atom is -0.497 e. The second-order valence-corrected chi connectivity index (χ2v) is 10.6. The van der Waals surface area contributed by atoms with E-state index in [0.717, 1.165) is 49.8 Å². The van der Waals surface area contributed by atoms with E-state index in [-0.39, 0.29) is 25.2 Å². The predicted molar refractivity (Wildman–Crippen MR) is 158 cm³/mol. The highest BCUT2D eigenvalue weighted by molar-refractivity contribution is 5.70. The van der Waals surface area contributed by atoms with Crippen molar-refractivity contribution in [3.8, 4) is 5.75 Å². The third-order valence-electron chi connectivity index (χ3n) is 6.93. The van der Waals surface area contributed by atoms with E-state index in [1.807, 2.05) is 24.3 Å². The molecule has 0 saturated heterocycles. The molecule has 0 amide bonds. The number of methoxy groups -OCH3 is 1. The average molecular weight is 549 g/mol. The van der Waals surface area contributed by atoms with Gasteiger partial charge in [0.05, 0.1) is 20.3 Å². The molecule has 1 aromatic rings. The van der Waals surface area contributed by atoms with Crippen molar-refractivity contribution in [2.45, 2.75) is 142 Å². The highest BCUT2D eigenvalue weighted by Gasteiger charge is 2.17. The summed E-state index contributed by atoms with van der Waals surface area (Å²) >= 11 is 0. The summed E-state index contributed by atoms with van der Waals surface area (Å²) in [4.78, 5) is 24.5. The Bertz CT molecular complexity index is 717. The molecule has 1 atom stereocenters. The zero-order valence-corrected chi connectivity index (χ0v) is 25.2. The first-order valence-corrected chi connectivity index (χ1v) is 15.6. The summed E-state index contributed by atoms with van der Waals surface area (Å²) in [6.07, 6.45) is 19.5. The molecule has 0 heterocycles. The molecule has 0 aliphatic heterocycles. The molecule has 6 heteroatoms. The molecular weight excluding hydrogens is 492 g/mol. The van der Waals surface area contributed by atoms with Crippen molar-refractivity contribution in [2.24, 2.45) is 0 Å². The Labute approximate surface area is 238 Å². The van der Waals surface area contributed by atoms with E-state index in [1.165, 1.54) is 64.2 Å². The second kappa shape index (κ2) is 24.9. The molecule has 0 fully saturated rings. The molecule has 6 nitrogen and oxygen atoms in total. The van der Waals surface area contributed by atoms with Crippen LogP contribution in [0, 0.1) is 0 Å². The first-order chi connectivity index (χ1) is 19.1. The van der Waals surface area contributed by atoms with Crippen LogP contribution in [0.4, 0.5) is 0 Å². The summed E-state index contributed by atoms with van der Waals surface area (Å²) < 4.78 is 22.0. The predicted octanol–water partition coefficient (Wildman–Crippen LogP) is 8.73. The Balaban J connectivity index is 2.26. The van der Waals surface area contributed by atoms with Crippen LogP contribution in [0.25, 0.3) is 0 Å². The van der Waals surface area contributed by atoms with Crippen LogP contribution in [-0.4, -0.2) is 38.4 Å². The summed E-state index contributed by atoms with van der Waals surface area (Å²) in [5, 5.41) is 0. The van der Waals surface area contributed by atoms with Gasteiger partial charge in [-0.05, 0) is 30.5 Å². The molecule has 1 aromatic carbocycles. The summed E-state index contributed by atoms with van der Waals surface area (Å²) in [6, 6.07) is 7.62. The number of hydrogen-bond acceptors (Lipinski definition) is 6. The molecule has 0 bridgehead atoms. The fourth-order valence-electron chi connectivity index (χ4n) is 4.46. The zero-order chi connectivity index (χ0) is 28.4. The van der Waals surface area contributed by atoms with Crippen LogP contribution in [-0.2, 0) is 30.4 Å². The Morgan fingerprint density at radius 3 is 1.69 bits per heavy atom. The first-order valence-electron chi connectivity index (χ1n) is 15.6. The van der Waals surface area contributed by atoms with E-state index >= 15 is 0 Å². The third kappa shape index (κ3) is 20.5. The van der Waals surface area contributed by atoms with E-state index in [0.29, 0.717) is 19.4 Å². The van der Waals surface area contributed by atoms with Crippen LogP contribution in [0.2, 0.25) is 0 Å². The molecule has 0 aromatic heterocycles. The number of benzene rings is 1. The van der Waals surface area contributed by atoms with Crippen LogP contribution in [0.1, 0.15) is 135 Å². The minimum atomic E-state index is -0.604. The van der Waals surface area contributed by atoms with Gasteiger partial charge in [-0.3, -0.25) is 9.59 Å². The number of ether oxygens (including phenoxy) is 4. The lowest BCUT2D eigenvalue weighted by Gasteiger charge is -2.18. The summed E-state index contributed by atoms with van der Waals surface area (Å²) in [7, 11) is 1.63. The minimum absolute atomic E-state index is 0.0257. The van der Waals surface area contributed by atoms with Crippen molar-refractivity contribution >= 4 is 11.9 Å². The molecule has 0 aliphatic carbocycles. The Morgan fingerprint density at radius 2 is 1.13 bits per heavy atom. The van der Waals surface area contributed by atoms with Crippen LogP contribution in [0.3, 0.4) is 0 Å². The SMILES string of the molecule is CCCCCCCCCCCCCCCC(=O)O[C@@H](COCc1ccc(OC)cc1)COC(=O)CCCCC. The van der Waals surface area contributed by atoms with E-state index in [4.69, 9.17) is 18.9 Å². The molecule has 0 spiro atoms. The summed E-state index contributed by atoms with van der Waals surface area (Å²) in [5.74, 6) is 0.281. The quantitative estimate of drug-likeness (QED) is 0.0851. The van der Waals surface area contributed by atoms with Crippen LogP contribution in [0.15, 0.2) is 24.3 Å². The van der Waals surface area contributed by atoms with Gasteiger partial charge in [-0.15, -0.1) is 0 Å². The fraction of sp³-hybridized carbons (Fsp3) is 0.758. The van der Waals surface area contributed by atoms with E-state index in [2.05, 4.69) is 13.8 Å². The van der Waals surface area contributed by atoms with E-state index < -0.39 is 6.10 Å². The number of rotatable bonds is 26. The Hall–Kier alpha value is -2.08. The molecule has 0 radical (unpaired) electrons. The summed E-state index contributed by atoms with van der Waals surface area (Å²) in [6.45, 7) is 4.94. The van der Waals surface area contributed by atoms with Crippen molar-refractivity contribution in [1.29, 1.82) is 0 Å². The van der Waals surface area contributed by atoms with E-state index in [1.54, 1.807) is 7.11 Å². The molecule has 0 unspecified atom stereocenters. The second-order valence-electron chi connectivity index (χ2n) is 10.6. The van der Waals surface area contributed by atoms with Crippen molar-refractivity contribution in [1.82, 2.24) is 0 Å². The maximum atomic E-state index is 12.5. The molecule has 224 valence electrons. The lowest BCUT2D eigenvalue weighted by atomic mass is 10.0. The van der Waals surface area contributed by atoms with Gasteiger partial charge in [-0.25, -0.2) is 0 Å². The molecule has 0 saturated carbocycles. The monoisotopic (exact) mass is 548 g/mol. The van der Waals surface area contributed by atoms with Gasteiger partial charge < -0.3 is 18.9 Å². The van der Waals surface area contributed by atoms with Gasteiger partial charge in [0.1, 0.15) is 12.4 Å². The molecular formula is C33H56O6. The smallest absolute Gasteiger partial charge is 0.306 e. The molecule has 39 heavy (non-hydrogen) atoms. The zero-order valence-electron chi connectivity index (χ0n) is 25.2. The van der Waals surface area contributed by atoms with E-state index in [9.17, 15) is 9.59 Å². The van der Waals surface area contributed by atoms with Gasteiger partial charge in [-0.2, -0.15) is 0 Å². The Kier molecular flexibility index (Phi) is 22.3. The standard InChI is InChI=1S/C33H56O6/c1-4-6-8-9-10-11-12-13-14-15-16-17-19-21-33(35)39-31(28-38-32(34)20-18-7-5-2)27-37-26-29-22-24-30(36-3)25-23-29/h22-25,31H,4-21,26-28H2,1-3H3/t31-/m0/s1. The number of unbranched alkanes of at least 4 members (excludes halogenated alkanes) is 14. The normalized spacial score (nSPS) is 11.8. The van der Waals surface area contributed by atoms with Crippen LogP contribution >= 0.6 is 0 Å². The maximum absolute atomic E-state index is 12.5. The Morgan fingerprint density at radius 1 is 0.641 bits per heavy atom. The number of esters is 2. The van der Waals surface area contributed by atoms with Gasteiger partial charge in [-0.1, -0.05) is 116 Å². The highest BCUT2D eigenvalue weighted by atomic mass is 16.6. The first kappa shape index (κ1) is 34.9. The third-order valence-corrected chi connectivity index (χ3v) is 6.93. The average Bonchev–Trinajstić information content (AvgIpc) is 2.94. The number of hydrogen-bond donors (Lipinski definition) is 0. The van der Waals surface area contributed by atoms with Gasteiger partial charge in [0, 0.05) is 12.8 Å². The van der Waals surface area contributed by atoms with Crippen molar-refractivity contribution < 1.29 is 28.5 Å². The maximum Gasteiger partial charge on any atom is 0.306 e. The lowest BCUT2D eigenvalue weighted by Crippen LogP contribution is -2.29. The number of carbonyl (C=O) groups is 2. The van der Waals surface area contributed by atoms with Gasteiger partial charge in [0.15, 0.2) is 6.10 Å².